The molecule has 1 aromatic carbocycles. The van der Waals surface area contributed by atoms with E-state index in [-0.39, 0.29) is 5.91 Å². The van der Waals surface area contributed by atoms with Gasteiger partial charge in [-0.15, -0.1) is 0 Å². The van der Waals surface area contributed by atoms with Crippen LogP contribution in [0.4, 0.5) is 5.82 Å². The molecule has 1 fully saturated rings. The Morgan fingerprint density at radius 2 is 1.70 bits per heavy atom. The van der Waals surface area contributed by atoms with Gasteiger partial charge in [0, 0.05) is 49.5 Å². The highest BCUT2D eigenvalue weighted by molar-refractivity contribution is 6.30. The molecule has 2 aromatic heterocycles. The molecule has 0 unspecified atom stereocenters. The third-order valence-corrected chi connectivity index (χ3v) is 5.34. The zero-order valence-corrected chi connectivity index (χ0v) is 16.1. The molecule has 1 saturated heterocycles. The van der Waals surface area contributed by atoms with E-state index in [4.69, 9.17) is 11.6 Å². The first-order valence-corrected chi connectivity index (χ1v) is 9.55. The van der Waals surface area contributed by atoms with Crippen LogP contribution in [0.15, 0.2) is 54.7 Å². The van der Waals surface area contributed by atoms with E-state index >= 15 is 0 Å². The fourth-order valence-electron chi connectivity index (χ4n) is 3.40. The van der Waals surface area contributed by atoms with Gasteiger partial charge < -0.3 is 19.5 Å². The third kappa shape index (κ3) is 3.94. The third-order valence-electron chi connectivity index (χ3n) is 5.09. The van der Waals surface area contributed by atoms with Gasteiger partial charge in [-0.25, -0.2) is 0 Å². The Bertz CT molecular complexity index is 942. The first kappa shape index (κ1) is 17.9. The van der Waals surface area contributed by atoms with Gasteiger partial charge in [-0.2, -0.15) is 0 Å². The molecule has 0 saturated carbocycles. The van der Waals surface area contributed by atoms with Gasteiger partial charge in [0.15, 0.2) is 0 Å². The van der Waals surface area contributed by atoms with Crippen molar-refractivity contribution in [2.24, 2.45) is 0 Å². The van der Waals surface area contributed by atoms with Crippen molar-refractivity contribution in [3.05, 3.63) is 70.9 Å². The summed E-state index contributed by atoms with van der Waals surface area (Å²) in [4.78, 5) is 17.3. The molecular formula is C21H23ClN4O. The summed E-state index contributed by atoms with van der Waals surface area (Å²) in [5.74, 6) is 1.07. The second-order valence-electron chi connectivity index (χ2n) is 7.00. The van der Waals surface area contributed by atoms with E-state index in [0.29, 0.717) is 17.1 Å². The summed E-state index contributed by atoms with van der Waals surface area (Å²) >= 11 is 5.91. The molecule has 1 aliphatic rings. The van der Waals surface area contributed by atoms with Gasteiger partial charge in [0.2, 0.25) is 0 Å². The van der Waals surface area contributed by atoms with Crippen LogP contribution < -0.4 is 10.2 Å². The molecule has 27 heavy (non-hydrogen) atoms. The molecule has 1 amide bonds. The van der Waals surface area contributed by atoms with Crippen molar-refractivity contribution >= 4 is 28.8 Å². The number of likely N-dealkylation sites (N-methyl/N-ethyl adjacent to an activating group) is 1. The van der Waals surface area contributed by atoms with E-state index in [9.17, 15) is 4.79 Å². The molecule has 6 heteroatoms. The minimum Gasteiger partial charge on any atom is -0.355 e. The molecule has 0 spiro atoms. The standard InChI is InChI=1S/C21H23ClN4O/c1-24-10-12-25(13-11-24)20-9-8-19-7-4-17(15-26(19)20)21(27)23-14-16-2-5-18(22)6-3-16/h2-9,15H,10-14H2,1H3,(H,23,27). The number of nitrogens with one attached hydrogen (secondary N) is 1. The molecule has 0 bridgehead atoms. The summed E-state index contributed by atoms with van der Waals surface area (Å²) in [5.41, 5.74) is 2.77. The highest BCUT2D eigenvalue weighted by atomic mass is 35.5. The Balaban J connectivity index is 1.51. The Labute approximate surface area is 164 Å². The van der Waals surface area contributed by atoms with Gasteiger partial charge >= 0.3 is 0 Å². The van der Waals surface area contributed by atoms with E-state index in [1.807, 2.05) is 42.6 Å². The summed E-state index contributed by atoms with van der Waals surface area (Å²) in [5, 5.41) is 3.67. The smallest absolute Gasteiger partial charge is 0.253 e. The van der Waals surface area contributed by atoms with Gasteiger partial charge in [0.05, 0.1) is 5.56 Å². The second kappa shape index (κ2) is 7.62. The van der Waals surface area contributed by atoms with Crippen molar-refractivity contribution in [1.82, 2.24) is 14.6 Å². The SMILES string of the molecule is CN1CCN(c2ccc3ccc(C(=O)NCc4ccc(Cl)cc4)cn23)CC1. The van der Waals surface area contributed by atoms with Gasteiger partial charge in [0.25, 0.3) is 5.91 Å². The quantitative estimate of drug-likeness (QED) is 0.752. The van der Waals surface area contributed by atoms with Gasteiger partial charge in [-0.1, -0.05) is 23.7 Å². The molecular weight excluding hydrogens is 360 g/mol. The van der Waals surface area contributed by atoms with Gasteiger partial charge in [-0.3, -0.25) is 4.79 Å². The molecule has 1 N–H and O–H groups in total. The maximum absolute atomic E-state index is 12.6. The van der Waals surface area contributed by atoms with E-state index in [0.717, 1.165) is 43.1 Å². The maximum atomic E-state index is 12.6. The molecule has 140 valence electrons. The second-order valence-corrected chi connectivity index (χ2v) is 7.44. The number of pyridine rings is 1. The van der Waals surface area contributed by atoms with Crippen LogP contribution in [0.5, 0.6) is 0 Å². The minimum absolute atomic E-state index is 0.0788. The predicted octanol–water partition coefficient (Wildman–Crippen LogP) is 3.27. The lowest BCUT2D eigenvalue weighted by Gasteiger charge is -2.33. The average Bonchev–Trinajstić information content (AvgIpc) is 3.11. The number of carbonyl (C=O) groups is 1. The zero-order valence-electron chi connectivity index (χ0n) is 15.4. The molecule has 5 nitrogen and oxygen atoms in total. The van der Waals surface area contributed by atoms with Crippen LogP contribution in [0.25, 0.3) is 5.52 Å². The number of fused-ring (bicyclic) bond motifs is 1. The molecule has 4 rings (SSSR count). The number of nitrogens with zero attached hydrogens (tertiary/aromatic N) is 3. The van der Waals surface area contributed by atoms with Crippen molar-refractivity contribution in [2.45, 2.75) is 6.54 Å². The summed E-state index contributed by atoms with van der Waals surface area (Å²) < 4.78 is 2.11. The van der Waals surface area contributed by atoms with Crippen LogP contribution >= 0.6 is 11.6 Å². The van der Waals surface area contributed by atoms with Crippen molar-refractivity contribution in [1.29, 1.82) is 0 Å². The fraction of sp³-hybridized carbons (Fsp3) is 0.286. The Morgan fingerprint density at radius 3 is 2.44 bits per heavy atom. The summed E-state index contributed by atoms with van der Waals surface area (Å²) in [6.07, 6.45) is 1.93. The summed E-state index contributed by atoms with van der Waals surface area (Å²) in [7, 11) is 2.15. The number of halogens is 1. The molecule has 3 heterocycles. The maximum Gasteiger partial charge on any atom is 0.253 e. The van der Waals surface area contributed by atoms with Crippen LogP contribution in [0.3, 0.4) is 0 Å². The normalized spacial score (nSPS) is 15.3. The first-order valence-electron chi connectivity index (χ1n) is 9.17. The summed E-state index contributed by atoms with van der Waals surface area (Å²) in [6.45, 7) is 4.57. The van der Waals surface area contributed by atoms with Crippen LogP contribution in [0.1, 0.15) is 15.9 Å². The minimum atomic E-state index is -0.0788. The number of hydrogen-bond donors (Lipinski definition) is 1. The number of benzene rings is 1. The summed E-state index contributed by atoms with van der Waals surface area (Å²) in [6, 6.07) is 15.6. The van der Waals surface area contributed by atoms with Crippen LogP contribution in [0.2, 0.25) is 5.02 Å². The molecule has 0 radical (unpaired) electrons. The van der Waals surface area contributed by atoms with Crippen molar-refractivity contribution in [3.8, 4) is 0 Å². The lowest BCUT2D eigenvalue weighted by molar-refractivity contribution is 0.0950. The number of aromatic nitrogens is 1. The lowest BCUT2D eigenvalue weighted by Crippen LogP contribution is -2.44. The first-order chi connectivity index (χ1) is 13.1. The number of anilines is 1. The Morgan fingerprint density at radius 1 is 1.00 bits per heavy atom. The Hall–Kier alpha value is -2.50. The van der Waals surface area contributed by atoms with Crippen LogP contribution in [-0.4, -0.2) is 48.4 Å². The highest BCUT2D eigenvalue weighted by Crippen LogP contribution is 2.21. The predicted molar refractivity (Wildman–Crippen MR) is 110 cm³/mol. The van der Waals surface area contributed by atoms with E-state index in [1.54, 1.807) is 0 Å². The highest BCUT2D eigenvalue weighted by Gasteiger charge is 2.17. The molecule has 1 aliphatic heterocycles. The largest absolute Gasteiger partial charge is 0.355 e. The number of carbonyl (C=O) groups excluding carboxylic acids is 1. The number of rotatable bonds is 4. The van der Waals surface area contributed by atoms with Crippen molar-refractivity contribution in [2.75, 3.05) is 38.1 Å². The van der Waals surface area contributed by atoms with Crippen LogP contribution in [0, 0.1) is 0 Å². The molecule has 0 atom stereocenters. The van der Waals surface area contributed by atoms with Crippen LogP contribution in [-0.2, 0) is 6.54 Å². The number of hydrogen-bond acceptors (Lipinski definition) is 3. The van der Waals surface area contributed by atoms with E-state index in [2.05, 4.69) is 38.7 Å². The Kier molecular flexibility index (Phi) is 5.05. The zero-order chi connectivity index (χ0) is 18.8. The topological polar surface area (TPSA) is 40.0 Å². The van der Waals surface area contributed by atoms with Crippen molar-refractivity contribution < 1.29 is 4.79 Å². The average molecular weight is 383 g/mol. The van der Waals surface area contributed by atoms with E-state index in [1.165, 1.54) is 0 Å². The fourth-order valence-corrected chi connectivity index (χ4v) is 3.53. The molecule has 0 aliphatic carbocycles. The van der Waals surface area contributed by atoms with Gasteiger partial charge in [0.1, 0.15) is 5.82 Å². The van der Waals surface area contributed by atoms with Crippen molar-refractivity contribution in [3.63, 3.8) is 0 Å². The lowest BCUT2D eigenvalue weighted by atomic mass is 10.2. The molecule has 3 aromatic rings. The number of amides is 1. The monoisotopic (exact) mass is 382 g/mol. The van der Waals surface area contributed by atoms with Gasteiger partial charge in [-0.05, 0) is 49.0 Å². The number of piperazine rings is 1. The van der Waals surface area contributed by atoms with E-state index < -0.39 is 0 Å².